The highest BCUT2D eigenvalue weighted by atomic mass is 16.5. The number of imidazole rings is 1. The highest BCUT2D eigenvalue weighted by Crippen LogP contribution is 2.14. The molecule has 1 saturated heterocycles. The predicted octanol–water partition coefficient (Wildman–Crippen LogP) is 0.379. The van der Waals surface area contributed by atoms with E-state index >= 15 is 0 Å². The Bertz CT molecular complexity index is 253. The zero-order chi connectivity index (χ0) is 8.39. The highest BCUT2D eigenvalue weighted by Gasteiger charge is 2.17. The normalized spacial score (nSPS) is 24.2. The van der Waals surface area contributed by atoms with E-state index in [9.17, 15) is 0 Å². The number of rotatable bonds is 1. The second kappa shape index (κ2) is 3.25. The van der Waals surface area contributed by atoms with Gasteiger partial charge in [0.15, 0.2) is 0 Å². The van der Waals surface area contributed by atoms with Crippen LogP contribution in [-0.4, -0.2) is 29.7 Å². The number of hydrogen-bond acceptors (Lipinski definition) is 3. The molecule has 0 saturated carbocycles. The van der Waals surface area contributed by atoms with Crippen LogP contribution in [0.1, 0.15) is 17.6 Å². The Morgan fingerprint density at radius 3 is 3.17 bits per heavy atom. The van der Waals surface area contributed by atoms with Gasteiger partial charge in [-0.25, -0.2) is 4.98 Å². The van der Waals surface area contributed by atoms with E-state index in [2.05, 4.69) is 15.3 Å². The molecule has 0 amide bonds. The molecule has 0 radical (unpaired) electrons. The molecule has 1 aliphatic rings. The van der Waals surface area contributed by atoms with Crippen molar-refractivity contribution in [1.82, 2.24) is 15.3 Å². The second-order valence-electron chi connectivity index (χ2n) is 3.02. The van der Waals surface area contributed by atoms with E-state index in [1.54, 1.807) is 0 Å². The number of H-pyrrole nitrogens is 1. The van der Waals surface area contributed by atoms with Gasteiger partial charge in [0.25, 0.3) is 0 Å². The molecular formula is C8H13N3O. The van der Waals surface area contributed by atoms with Gasteiger partial charge in [-0.1, -0.05) is 0 Å². The van der Waals surface area contributed by atoms with Gasteiger partial charge in [0.05, 0.1) is 6.61 Å². The molecule has 1 aliphatic heterocycles. The summed E-state index contributed by atoms with van der Waals surface area (Å²) in [7, 11) is 0. The summed E-state index contributed by atoms with van der Waals surface area (Å²) >= 11 is 0. The fourth-order valence-electron chi connectivity index (χ4n) is 1.34. The fraction of sp³-hybridized carbons (Fsp3) is 0.625. The first-order valence-corrected chi connectivity index (χ1v) is 4.20. The smallest absolute Gasteiger partial charge is 0.136 e. The number of hydrogen-bond donors (Lipinski definition) is 2. The van der Waals surface area contributed by atoms with Gasteiger partial charge in [-0.3, -0.25) is 0 Å². The zero-order valence-corrected chi connectivity index (χ0v) is 7.13. The van der Waals surface area contributed by atoms with Gasteiger partial charge in [-0.2, -0.15) is 0 Å². The largest absolute Gasteiger partial charge is 0.368 e. The van der Waals surface area contributed by atoms with Crippen LogP contribution in [0.15, 0.2) is 6.20 Å². The van der Waals surface area contributed by atoms with Gasteiger partial charge in [-0.05, 0) is 6.92 Å². The van der Waals surface area contributed by atoms with Crippen molar-refractivity contribution in [3.63, 3.8) is 0 Å². The third kappa shape index (κ3) is 1.49. The summed E-state index contributed by atoms with van der Waals surface area (Å²) in [4.78, 5) is 7.39. The molecular weight excluding hydrogens is 154 g/mol. The van der Waals surface area contributed by atoms with Gasteiger partial charge in [0.2, 0.25) is 0 Å². The van der Waals surface area contributed by atoms with E-state index in [-0.39, 0.29) is 6.10 Å². The summed E-state index contributed by atoms with van der Waals surface area (Å²) in [5.41, 5.74) is 1.08. The minimum Gasteiger partial charge on any atom is -0.368 e. The minimum atomic E-state index is 0.104. The topological polar surface area (TPSA) is 49.9 Å². The van der Waals surface area contributed by atoms with Crippen LogP contribution in [0.5, 0.6) is 0 Å². The van der Waals surface area contributed by atoms with Crippen LogP contribution >= 0.6 is 0 Å². The van der Waals surface area contributed by atoms with Crippen molar-refractivity contribution in [1.29, 1.82) is 0 Å². The molecule has 2 N–H and O–H groups in total. The fourth-order valence-corrected chi connectivity index (χ4v) is 1.34. The Morgan fingerprint density at radius 2 is 2.58 bits per heavy atom. The van der Waals surface area contributed by atoms with Crippen molar-refractivity contribution >= 4 is 0 Å². The van der Waals surface area contributed by atoms with Gasteiger partial charge in [0.1, 0.15) is 11.9 Å². The lowest BCUT2D eigenvalue weighted by Crippen LogP contribution is -2.33. The van der Waals surface area contributed by atoms with Crippen molar-refractivity contribution in [3.8, 4) is 0 Å². The monoisotopic (exact) mass is 167 g/mol. The summed E-state index contributed by atoms with van der Waals surface area (Å²) in [5, 5.41) is 3.26. The van der Waals surface area contributed by atoms with Crippen LogP contribution in [0.3, 0.4) is 0 Å². The zero-order valence-electron chi connectivity index (χ0n) is 7.13. The quantitative estimate of drug-likeness (QED) is 0.635. The van der Waals surface area contributed by atoms with Crippen LogP contribution in [0.25, 0.3) is 0 Å². The number of nitrogens with one attached hydrogen (secondary N) is 2. The van der Waals surface area contributed by atoms with Crippen molar-refractivity contribution < 1.29 is 4.74 Å². The average Bonchev–Trinajstić information content (AvgIpc) is 2.54. The Hall–Kier alpha value is -0.870. The van der Waals surface area contributed by atoms with Crippen LogP contribution < -0.4 is 5.32 Å². The summed E-state index contributed by atoms with van der Waals surface area (Å²) < 4.78 is 5.52. The van der Waals surface area contributed by atoms with Crippen LogP contribution in [0, 0.1) is 6.92 Å². The lowest BCUT2D eigenvalue weighted by atomic mass is 10.3. The van der Waals surface area contributed by atoms with E-state index in [0.717, 1.165) is 31.2 Å². The Balaban J connectivity index is 2.08. The Morgan fingerprint density at radius 1 is 1.67 bits per heavy atom. The molecule has 2 rings (SSSR count). The molecule has 0 aromatic carbocycles. The first kappa shape index (κ1) is 7.76. The van der Waals surface area contributed by atoms with E-state index in [1.165, 1.54) is 0 Å². The van der Waals surface area contributed by atoms with E-state index < -0.39 is 0 Å². The SMILES string of the molecule is Cc1cnc(C2CNCCO2)[nH]1. The molecule has 4 nitrogen and oxygen atoms in total. The van der Waals surface area contributed by atoms with E-state index in [0.29, 0.717) is 0 Å². The molecule has 0 aliphatic carbocycles. The van der Waals surface area contributed by atoms with Crippen molar-refractivity contribution in [2.45, 2.75) is 13.0 Å². The molecule has 4 heteroatoms. The predicted molar refractivity (Wildman–Crippen MR) is 44.9 cm³/mol. The molecule has 2 heterocycles. The van der Waals surface area contributed by atoms with Gasteiger partial charge < -0.3 is 15.0 Å². The first-order chi connectivity index (χ1) is 5.86. The minimum absolute atomic E-state index is 0.104. The van der Waals surface area contributed by atoms with E-state index in [4.69, 9.17) is 4.74 Å². The van der Waals surface area contributed by atoms with Gasteiger partial charge in [-0.15, -0.1) is 0 Å². The molecule has 1 aromatic rings. The maximum absolute atomic E-state index is 5.52. The summed E-state index contributed by atoms with van der Waals surface area (Å²) in [5.74, 6) is 0.930. The van der Waals surface area contributed by atoms with Gasteiger partial charge in [0, 0.05) is 25.0 Å². The Labute approximate surface area is 71.3 Å². The number of aromatic nitrogens is 2. The lowest BCUT2D eigenvalue weighted by molar-refractivity contribution is 0.0226. The van der Waals surface area contributed by atoms with E-state index in [1.807, 2.05) is 13.1 Å². The number of aryl methyl sites for hydroxylation is 1. The second-order valence-corrected chi connectivity index (χ2v) is 3.02. The van der Waals surface area contributed by atoms with Crippen LogP contribution in [0.2, 0.25) is 0 Å². The van der Waals surface area contributed by atoms with Crippen LogP contribution in [-0.2, 0) is 4.74 Å². The van der Waals surface area contributed by atoms with Gasteiger partial charge >= 0.3 is 0 Å². The number of nitrogens with zero attached hydrogens (tertiary/aromatic N) is 1. The molecule has 12 heavy (non-hydrogen) atoms. The summed E-state index contributed by atoms with van der Waals surface area (Å²) in [6.07, 6.45) is 1.93. The Kier molecular flexibility index (Phi) is 2.10. The number of ether oxygens (including phenoxy) is 1. The standard InChI is InChI=1S/C8H13N3O/c1-6-4-10-8(11-6)7-5-9-2-3-12-7/h4,7,9H,2-3,5H2,1H3,(H,10,11). The van der Waals surface area contributed by atoms with Crippen molar-refractivity contribution in [2.75, 3.05) is 19.7 Å². The third-order valence-corrected chi connectivity index (χ3v) is 1.96. The van der Waals surface area contributed by atoms with Crippen LogP contribution in [0.4, 0.5) is 0 Å². The highest BCUT2D eigenvalue weighted by molar-refractivity contribution is 5.02. The molecule has 0 spiro atoms. The molecule has 1 unspecified atom stereocenters. The molecule has 1 aromatic heterocycles. The van der Waals surface area contributed by atoms with Crippen molar-refractivity contribution in [2.24, 2.45) is 0 Å². The average molecular weight is 167 g/mol. The molecule has 0 bridgehead atoms. The maximum atomic E-state index is 5.52. The van der Waals surface area contributed by atoms with Crippen molar-refractivity contribution in [3.05, 3.63) is 17.7 Å². The summed E-state index contributed by atoms with van der Waals surface area (Å²) in [6, 6.07) is 0. The molecule has 66 valence electrons. The lowest BCUT2D eigenvalue weighted by Gasteiger charge is -2.21. The number of aromatic amines is 1. The maximum Gasteiger partial charge on any atom is 0.136 e. The first-order valence-electron chi connectivity index (χ1n) is 4.20. The third-order valence-electron chi connectivity index (χ3n) is 1.96. The molecule has 1 atom stereocenters. The molecule has 1 fully saturated rings. The summed E-state index contributed by atoms with van der Waals surface area (Å²) in [6.45, 7) is 4.56. The number of morpholine rings is 1.